The molecule has 1 saturated heterocycles. The van der Waals surface area contributed by atoms with E-state index in [0.717, 1.165) is 37.2 Å². The standard InChI is InChI=1S/C26H27FN4O4/c1-35-25-10-7-18(15-22(25)27)17-30-13-11-21(12-14-30)29-26(32)19-8-9-23(24(16-19)31(33)34)28-20-5-3-2-4-6-20/h2-10,15-16,21,28H,11-14,17H2,1H3,(H,29,32). The lowest BCUT2D eigenvalue weighted by molar-refractivity contribution is -0.383. The van der Waals surface area contributed by atoms with Crippen molar-refractivity contribution >= 4 is 23.0 Å². The molecule has 1 fully saturated rings. The van der Waals surface area contributed by atoms with Gasteiger partial charge in [0.05, 0.1) is 12.0 Å². The molecule has 0 unspecified atom stereocenters. The summed E-state index contributed by atoms with van der Waals surface area (Å²) in [5, 5.41) is 17.6. The molecule has 0 aliphatic carbocycles. The fourth-order valence-corrected chi connectivity index (χ4v) is 4.18. The molecule has 0 aromatic heterocycles. The molecule has 0 atom stereocenters. The second-order valence-electron chi connectivity index (χ2n) is 8.47. The number of nitrogens with one attached hydrogen (secondary N) is 2. The molecule has 182 valence electrons. The molecule has 0 saturated carbocycles. The van der Waals surface area contributed by atoms with E-state index in [9.17, 15) is 19.3 Å². The zero-order chi connectivity index (χ0) is 24.8. The molecule has 2 N–H and O–H groups in total. The molecule has 1 amide bonds. The Hall–Kier alpha value is -3.98. The third-order valence-corrected chi connectivity index (χ3v) is 6.05. The number of nitro benzene ring substituents is 1. The van der Waals surface area contributed by atoms with E-state index in [1.165, 1.54) is 19.2 Å². The van der Waals surface area contributed by atoms with Crippen molar-refractivity contribution in [2.24, 2.45) is 0 Å². The van der Waals surface area contributed by atoms with E-state index in [1.807, 2.05) is 36.4 Å². The van der Waals surface area contributed by atoms with Crippen LogP contribution in [0.15, 0.2) is 66.7 Å². The van der Waals surface area contributed by atoms with Crippen molar-refractivity contribution in [1.29, 1.82) is 0 Å². The van der Waals surface area contributed by atoms with Crippen LogP contribution in [-0.2, 0) is 6.54 Å². The number of nitrogens with zero attached hydrogens (tertiary/aromatic N) is 2. The maximum atomic E-state index is 13.9. The second kappa shape index (κ2) is 11.0. The van der Waals surface area contributed by atoms with Gasteiger partial charge in [0.1, 0.15) is 5.69 Å². The van der Waals surface area contributed by atoms with Gasteiger partial charge in [-0.3, -0.25) is 19.8 Å². The number of rotatable bonds is 8. The highest BCUT2D eigenvalue weighted by Crippen LogP contribution is 2.29. The molecule has 0 radical (unpaired) electrons. The number of nitro groups is 1. The van der Waals surface area contributed by atoms with Crippen molar-refractivity contribution in [3.8, 4) is 5.75 Å². The Morgan fingerprint density at radius 2 is 1.86 bits per heavy atom. The first kappa shape index (κ1) is 24.2. The van der Waals surface area contributed by atoms with E-state index in [1.54, 1.807) is 18.2 Å². The average molecular weight is 479 g/mol. The van der Waals surface area contributed by atoms with Gasteiger partial charge in [0.15, 0.2) is 11.6 Å². The molecule has 35 heavy (non-hydrogen) atoms. The van der Waals surface area contributed by atoms with Crippen LogP contribution in [0.1, 0.15) is 28.8 Å². The van der Waals surface area contributed by atoms with Crippen LogP contribution in [0.25, 0.3) is 0 Å². The van der Waals surface area contributed by atoms with E-state index in [2.05, 4.69) is 15.5 Å². The summed E-state index contributed by atoms with van der Waals surface area (Å²) in [5.41, 5.74) is 1.98. The van der Waals surface area contributed by atoms with Gasteiger partial charge in [-0.05, 0) is 54.8 Å². The number of likely N-dealkylation sites (tertiary alicyclic amines) is 1. The van der Waals surface area contributed by atoms with Crippen LogP contribution >= 0.6 is 0 Å². The molecule has 1 aliphatic rings. The smallest absolute Gasteiger partial charge is 0.293 e. The Balaban J connectivity index is 1.34. The summed E-state index contributed by atoms with van der Waals surface area (Å²) >= 11 is 0. The number of hydrogen-bond acceptors (Lipinski definition) is 6. The number of hydrogen-bond donors (Lipinski definition) is 2. The van der Waals surface area contributed by atoms with Crippen molar-refractivity contribution in [3.63, 3.8) is 0 Å². The molecular weight excluding hydrogens is 451 g/mol. The van der Waals surface area contributed by atoms with Gasteiger partial charge >= 0.3 is 0 Å². The van der Waals surface area contributed by atoms with Crippen LogP contribution in [0.3, 0.4) is 0 Å². The highest BCUT2D eigenvalue weighted by Gasteiger charge is 2.23. The first-order chi connectivity index (χ1) is 16.9. The van der Waals surface area contributed by atoms with Crippen molar-refractivity contribution < 1.29 is 18.8 Å². The largest absolute Gasteiger partial charge is 0.494 e. The quantitative estimate of drug-likeness (QED) is 0.354. The predicted octanol–water partition coefficient (Wildman–Crippen LogP) is 4.88. The van der Waals surface area contributed by atoms with Gasteiger partial charge in [-0.25, -0.2) is 4.39 Å². The van der Waals surface area contributed by atoms with Crippen LogP contribution in [0.2, 0.25) is 0 Å². The molecule has 4 rings (SSSR count). The zero-order valence-electron chi connectivity index (χ0n) is 19.4. The molecule has 1 aliphatic heterocycles. The Labute approximate surface area is 202 Å². The summed E-state index contributed by atoms with van der Waals surface area (Å²) in [4.78, 5) is 26.1. The molecule has 1 heterocycles. The van der Waals surface area contributed by atoms with Gasteiger partial charge in [-0.15, -0.1) is 0 Å². The minimum atomic E-state index is -0.497. The zero-order valence-corrected chi connectivity index (χ0v) is 19.4. The Morgan fingerprint density at radius 1 is 1.11 bits per heavy atom. The number of ether oxygens (including phenoxy) is 1. The summed E-state index contributed by atoms with van der Waals surface area (Å²) in [6, 6.07) is 18.5. The Morgan fingerprint density at radius 3 is 2.51 bits per heavy atom. The van der Waals surface area contributed by atoms with Gasteiger partial charge in [-0.2, -0.15) is 0 Å². The van der Waals surface area contributed by atoms with Crippen LogP contribution in [0, 0.1) is 15.9 Å². The van der Waals surface area contributed by atoms with E-state index in [-0.39, 0.29) is 34.8 Å². The number of amides is 1. The van der Waals surface area contributed by atoms with Crippen LogP contribution in [-0.4, -0.2) is 42.0 Å². The maximum absolute atomic E-state index is 13.9. The first-order valence-corrected chi connectivity index (χ1v) is 11.4. The van der Waals surface area contributed by atoms with Crippen molar-refractivity contribution in [2.75, 3.05) is 25.5 Å². The average Bonchev–Trinajstić information content (AvgIpc) is 2.86. The lowest BCUT2D eigenvalue weighted by Gasteiger charge is -2.32. The number of piperidine rings is 1. The van der Waals surface area contributed by atoms with E-state index in [0.29, 0.717) is 12.2 Å². The summed E-state index contributed by atoms with van der Waals surface area (Å²) < 4.78 is 18.9. The number of carbonyl (C=O) groups excluding carboxylic acids is 1. The van der Waals surface area contributed by atoms with Gasteiger partial charge in [0, 0.05) is 43.0 Å². The SMILES string of the molecule is COc1ccc(CN2CCC(NC(=O)c3ccc(Nc4ccccc4)c([N+](=O)[O-])c3)CC2)cc1F. The van der Waals surface area contributed by atoms with Gasteiger partial charge in [0.25, 0.3) is 11.6 Å². The second-order valence-corrected chi connectivity index (χ2v) is 8.47. The highest BCUT2D eigenvalue weighted by atomic mass is 19.1. The molecule has 0 spiro atoms. The molecule has 9 heteroatoms. The summed E-state index contributed by atoms with van der Waals surface area (Å²) in [5.74, 6) is -0.499. The number of anilines is 2. The number of benzene rings is 3. The lowest BCUT2D eigenvalue weighted by atomic mass is 10.0. The van der Waals surface area contributed by atoms with E-state index in [4.69, 9.17) is 4.74 Å². The first-order valence-electron chi connectivity index (χ1n) is 11.4. The predicted molar refractivity (Wildman–Crippen MR) is 132 cm³/mol. The number of halogens is 1. The minimum absolute atomic E-state index is 0.0347. The molecule has 3 aromatic carbocycles. The highest BCUT2D eigenvalue weighted by molar-refractivity contribution is 5.96. The summed E-state index contributed by atoms with van der Waals surface area (Å²) in [6.07, 6.45) is 1.47. The van der Waals surface area contributed by atoms with Crippen LogP contribution in [0.4, 0.5) is 21.5 Å². The van der Waals surface area contributed by atoms with Crippen molar-refractivity contribution in [2.45, 2.75) is 25.4 Å². The lowest BCUT2D eigenvalue weighted by Crippen LogP contribution is -2.44. The third-order valence-electron chi connectivity index (χ3n) is 6.05. The van der Waals surface area contributed by atoms with E-state index < -0.39 is 4.92 Å². The Kier molecular flexibility index (Phi) is 7.57. The summed E-state index contributed by atoms with van der Waals surface area (Å²) in [7, 11) is 1.44. The van der Waals surface area contributed by atoms with Crippen molar-refractivity contribution in [3.05, 3.63) is 93.8 Å². The number of methoxy groups -OCH3 is 1. The molecule has 0 bridgehead atoms. The van der Waals surface area contributed by atoms with Gasteiger partial charge < -0.3 is 15.4 Å². The maximum Gasteiger partial charge on any atom is 0.293 e. The Bertz CT molecular complexity index is 1200. The fourth-order valence-electron chi connectivity index (χ4n) is 4.18. The monoisotopic (exact) mass is 478 g/mol. The molecule has 8 nitrogen and oxygen atoms in total. The van der Waals surface area contributed by atoms with Crippen molar-refractivity contribution in [1.82, 2.24) is 10.2 Å². The van der Waals surface area contributed by atoms with E-state index >= 15 is 0 Å². The number of para-hydroxylation sites is 1. The number of carbonyl (C=O) groups is 1. The fraction of sp³-hybridized carbons (Fsp3) is 0.269. The van der Waals surface area contributed by atoms with Gasteiger partial charge in [0.2, 0.25) is 0 Å². The summed E-state index contributed by atoms with van der Waals surface area (Å²) in [6.45, 7) is 2.11. The minimum Gasteiger partial charge on any atom is -0.494 e. The molecular formula is C26H27FN4O4. The van der Waals surface area contributed by atoms with Crippen LogP contribution < -0.4 is 15.4 Å². The van der Waals surface area contributed by atoms with Gasteiger partial charge in [-0.1, -0.05) is 24.3 Å². The topological polar surface area (TPSA) is 96.7 Å². The van der Waals surface area contributed by atoms with Crippen LogP contribution in [0.5, 0.6) is 5.75 Å². The normalized spacial score (nSPS) is 14.3. The molecule has 3 aromatic rings. The third kappa shape index (κ3) is 6.13.